The molecule has 1 saturated heterocycles. The van der Waals surface area contributed by atoms with E-state index in [-0.39, 0.29) is 0 Å². The van der Waals surface area contributed by atoms with Crippen molar-refractivity contribution in [2.24, 2.45) is 0 Å². The lowest BCUT2D eigenvalue weighted by atomic mass is 10.0. The van der Waals surface area contributed by atoms with Gasteiger partial charge in [-0.1, -0.05) is 0 Å². The summed E-state index contributed by atoms with van der Waals surface area (Å²) >= 11 is 0. The van der Waals surface area contributed by atoms with Gasteiger partial charge in [0.2, 0.25) is 5.95 Å². The lowest BCUT2D eigenvalue weighted by molar-refractivity contribution is 0.475. The average molecular weight is 322 g/mol. The molecule has 1 aliphatic rings. The molecule has 1 fully saturated rings. The van der Waals surface area contributed by atoms with Gasteiger partial charge in [-0.25, -0.2) is 15.0 Å². The molecule has 0 bridgehead atoms. The van der Waals surface area contributed by atoms with Crippen LogP contribution in [-0.4, -0.2) is 41.1 Å². The van der Waals surface area contributed by atoms with Crippen LogP contribution in [0.25, 0.3) is 0 Å². The molecule has 2 aromatic rings. The third-order valence-electron chi connectivity index (χ3n) is 4.53. The molecule has 1 aliphatic heterocycles. The van der Waals surface area contributed by atoms with Crippen molar-refractivity contribution in [3.63, 3.8) is 0 Å². The number of nitriles is 1. The number of piperidine rings is 1. The number of aromatic nitrogens is 3. The van der Waals surface area contributed by atoms with Gasteiger partial charge >= 0.3 is 0 Å². The highest BCUT2D eigenvalue weighted by atomic mass is 15.3. The van der Waals surface area contributed by atoms with Gasteiger partial charge in [-0.05, 0) is 44.4 Å². The predicted octanol–water partition coefficient (Wildman–Crippen LogP) is 2.47. The highest BCUT2D eigenvalue weighted by Gasteiger charge is 2.25. The molecular weight excluding hydrogens is 300 g/mol. The number of hydrogen-bond acceptors (Lipinski definition) is 6. The minimum absolute atomic E-state index is 0.402. The van der Waals surface area contributed by atoms with E-state index in [1.807, 2.05) is 38.4 Å². The third kappa shape index (κ3) is 3.30. The molecule has 0 aromatic carbocycles. The maximum Gasteiger partial charge on any atom is 0.225 e. The molecule has 3 heterocycles. The zero-order valence-corrected chi connectivity index (χ0v) is 14.4. The third-order valence-corrected chi connectivity index (χ3v) is 4.53. The van der Waals surface area contributed by atoms with Crippen LogP contribution in [0.15, 0.2) is 24.5 Å². The van der Waals surface area contributed by atoms with Gasteiger partial charge in [0.1, 0.15) is 11.9 Å². The molecule has 3 rings (SSSR count). The molecule has 0 aliphatic carbocycles. The first-order valence-electron chi connectivity index (χ1n) is 8.22. The quantitative estimate of drug-likeness (QED) is 0.864. The highest BCUT2D eigenvalue weighted by molar-refractivity contribution is 5.54. The minimum atomic E-state index is 0.402. The molecule has 2 aromatic heterocycles. The van der Waals surface area contributed by atoms with Gasteiger partial charge in [0, 0.05) is 44.3 Å². The van der Waals surface area contributed by atoms with Crippen molar-refractivity contribution in [1.29, 1.82) is 5.26 Å². The van der Waals surface area contributed by atoms with E-state index >= 15 is 0 Å². The second-order valence-corrected chi connectivity index (χ2v) is 6.33. The SMILES string of the molecule is Cc1cnc(N(C)C2CCN(c3nc(C)ccc3C#N)CC2)nc1. The summed E-state index contributed by atoms with van der Waals surface area (Å²) in [5, 5.41) is 9.31. The Morgan fingerprint density at radius 2 is 1.83 bits per heavy atom. The Hall–Kier alpha value is -2.68. The Bertz CT molecular complexity index is 741. The van der Waals surface area contributed by atoms with E-state index < -0.39 is 0 Å². The summed E-state index contributed by atoms with van der Waals surface area (Å²) in [6, 6.07) is 6.40. The van der Waals surface area contributed by atoms with E-state index in [4.69, 9.17) is 0 Å². The van der Waals surface area contributed by atoms with Crippen molar-refractivity contribution in [2.75, 3.05) is 29.9 Å². The monoisotopic (exact) mass is 322 g/mol. The van der Waals surface area contributed by atoms with Gasteiger partial charge in [0.25, 0.3) is 0 Å². The van der Waals surface area contributed by atoms with Crippen LogP contribution >= 0.6 is 0 Å². The topological polar surface area (TPSA) is 68.9 Å². The maximum atomic E-state index is 9.31. The second kappa shape index (κ2) is 6.83. The number of hydrogen-bond donors (Lipinski definition) is 0. The summed E-state index contributed by atoms with van der Waals surface area (Å²) < 4.78 is 0. The molecule has 0 radical (unpaired) electrons. The molecule has 0 atom stereocenters. The Kier molecular flexibility index (Phi) is 4.61. The van der Waals surface area contributed by atoms with Gasteiger partial charge in [0.05, 0.1) is 5.56 Å². The fourth-order valence-electron chi connectivity index (χ4n) is 3.07. The molecule has 6 nitrogen and oxygen atoms in total. The molecule has 6 heteroatoms. The van der Waals surface area contributed by atoms with Crippen molar-refractivity contribution in [2.45, 2.75) is 32.7 Å². The second-order valence-electron chi connectivity index (χ2n) is 6.33. The van der Waals surface area contributed by atoms with Crippen molar-refractivity contribution < 1.29 is 0 Å². The van der Waals surface area contributed by atoms with Crippen LogP contribution in [0.3, 0.4) is 0 Å². The molecule has 0 saturated carbocycles. The van der Waals surface area contributed by atoms with E-state index in [1.165, 1.54) is 0 Å². The molecule has 0 N–H and O–H groups in total. The summed E-state index contributed by atoms with van der Waals surface area (Å²) in [6.07, 6.45) is 5.69. The summed E-state index contributed by atoms with van der Waals surface area (Å²) in [5.41, 5.74) is 2.65. The zero-order valence-electron chi connectivity index (χ0n) is 14.4. The van der Waals surface area contributed by atoms with Crippen LogP contribution in [0.2, 0.25) is 0 Å². The lowest BCUT2D eigenvalue weighted by Crippen LogP contribution is -2.44. The fourth-order valence-corrected chi connectivity index (χ4v) is 3.07. The van der Waals surface area contributed by atoms with Crippen LogP contribution in [0.1, 0.15) is 29.7 Å². The van der Waals surface area contributed by atoms with Crippen LogP contribution in [0.5, 0.6) is 0 Å². The Morgan fingerprint density at radius 1 is 1.17 bits per heavy atom. The van der Waals surface area contributed by atoms with E-state index in [9.17, 15) is 5.26 Å². The number of aryl methyl sites for hydroxylation is 2. The van der Waals surface area contributed by atoms with E-state index in [1.54, 1.807) is 0 Å². The molecular formula is C18H22N6. The standard InChI is InChI=1S/C18H22N6/c1-13-11-20-18(21-12-13)23(3)16-6-8-24(9-7-16)17-15(10-19)5-4-14(2)22-17/h4-5,11-12,16H,6-9H2,1-3H3. The number of nitrogens with zero attached hydrogens (tertiary/aromatic N) is 6. The van der Waals surface area contributed by atoms with E-state index in [0.717, 1.165) is 49.0 Å². The van der Waals surface area contributed by atoms with Crippen molar-refractivity contribution in [3.8, 4) is 6.07 Å². The fraction of sp³-hybridized carbons (Fsp3) is 0.444. The first-order valence-corrected chi connectivity index (χ1v) is 8.22. The largest absolute Gasteiger partial charge is 0.355 e. The van der Waals surface area contributed by atoms with E-state index in [2.05, 4.69) is 37.9 Å². The molecule has 124 valence electrons. The first-order chi connectivity index (χ1) is 11.6. The van der Waals surface area contributed by atoms with Gasteiger partial charge in [-0.3, -0.25) is 0 Å². The lowest BCUT2D eigenvalue weighted by Gasteiger charge is -2.37. The summed E-state index contributed by atoms with van der Waals surface area (Å²) in [5.74, 6) is 1.58. The molecule has 0 amide bonds. The summed E-state index contributed by atoms with van der Waals surface area (Å²) in [7, 11) is 2.05. The zero-order chi connectivity index (χ0) is 17.1. The van der Waals surface area contributed by atoms with E-state index in [0.29, 0.717) is 11.6 Å². The Labute approximate surface area is 142 Å². The van der Waals surface area contributed by atoms with Crippen molar-refractivity contribution in [1.82, 2.24) is 15.0 Å². The number of pyridine rings is 1. The van der Waals surface area contributed by atoms with Crippen LogP contribution in [0, 0.1) is 25.2 Å². The molecule has 0 unspecified atom stereocenters. The van der Waals surface area contributed by atoms with Gasteiger partial charge in [-0.2, -0.15) is 5.26 Å². The predicted molar refractivity (Wildman–Crippen MR) is 94.1 cm³/mol. The average Bonchev–Trinajstić information content (AvgIpc) is 2.62. The van der Waals surface area contributed by atoms with Crippen LogP contribution in [-0.2, 0) is 0 Å². The van der Waals surface area contributed by atoms with Gasteiger partial charge < -0.3 is 9.80 Å². The minimum Gasteiger partial charge on any atom is -0.355 e. The van der Waals surface area contributed by atoms with Gasteiger partial charge in [-0.15, -0.1) is 0 Å². The first kappa shape index (κ1) is 16.2. The normalized spacial score (nSPS) is 15.2. The summed E-state index contributed by atoms with van der Waals surface area (Å²) in [4.78, 5) is 17.8. The Balaban J connectivity index is 1.69. The van der Waals surface area contributed by atoms with Crippen LogP contribution < -0.4 is 9.80 Å². The highest BCUT2D eigenvalue weighted by Crippen LogP contribution is 2.25. The van der Waals surface area contributed by atoms with Crippen LogP contribution in [0.4, 0.5) is 11.8 Å². The van der Waals surface area contributed by atoms with Crippen molar-refractivity contribution in [3.05, 3.63) is 41.3 Å². The summed E-state index contributed by atoms with van der Waals surface area (Å²) in [6.45, 7) is 5.71. The Morgan fingerprint density at radius 3 is 2.46 bits per heavy atom. The maximum absolute atomic E-state index is 9.31. The smallest absolute Gasteiger partial charge is 0.225 e. The molecule has 0 spiro atoms. The number of rotatable bonds is 3. The van der Waals surface area contributed by atoms with Gasteiger partial charge in [0.15, 0.2) is 0 Å². The van der Waals surface area contributed by atoms with Crippen molar-refractivity contribution >= 4 is 11.8 Å². The number of anilines is 2. The molecule has 24 heavy (non-hydrogen) atoms.